The van der Waals surface area contributed by atoms with Gasteiger partial charge >= 0.3 is 0 Å². The predicted octanol–water partition coefficient (Wildman–Crippen LogP) is 5.33. The van der Waals surface area contributed by atoms with Gasteiger partial charge in [-0.1, -0.05) is 28.8 Å². The number of rotatable bonds is 4. The third-order valence-corrected chi connectivity index (χ3v) is 5.39. The van der Waals surface area contributed by atoms with Crippen LogP contribution in [0.1, 0.15) is 9.67 Å². The SMILES string of the molecule is O=C(Nc1ccc(-c2csnn2)cc1)c1ccc(-c2ccc(F)cc2)s1. The third kappa shape index (κ3) is 3.54. The summed E-state index contributed by atoms with van der Waals surface area (Å²) in [7, 11) is 0. The smallest absolute Gasteiger partial charge is 0.265 e. The van der Waals surface area contributed by atoms with Gasteiger partial charge in [-0.3, -0.25) is 4.79 Å². The summed E-state index contributed by atoms with van der Waals surface area (Å²) >= 11 is 2.67. The summed E-state index contributed by atoms with van der Waals surface area (Å²) in [6.45, 7) is 0. The summed E-state index contributed by atoms with van der Waals surface area (Å²) in [5.74, 6) is -0.452. The van der Waals surface area contributed by atoms with Crippen molar-refractivity contribution in [1.29, 1.82) is 0 Å². The Morgan fingerprint density at radius 2 is 1.65 bits per heavy atom. The molecule has 4 nitrogen and oxygen atoms in total. The van der Waals surface area contributed by atoms with Crippen LogP contribution < -0.4 is 5.32 Å². The molecule has 0 saturated heterocycles. The molecule has 0 radical (unpaired) electrons. The van der Waals surface area contributed by atoms with Crippen molar-refractivity contribution in [2.24, 2.45) is 0 Å². The minimum absolute atomic E-state index is 0.175. The first-order chi connectivity index (χ1) is 12.7. The topological polar surface area (TPSA) is 54.9 Å². The predicted molar refractivity (Wildman–Crippen MR) is 103 cm³/mol. The number of aromatic nitrogens is 2. The molecule has 0 aliphatic heterocycles. The van der Waals surface area contributed by atoms with Gasteiger partial charge in [0.15, 0.2) is 0 Å². The van der Waals surface area contributed by atoms with Gasteiger partial charge in [-0.15, -0.1) is 16.4 Å². The van der Waals surface area contributed by atoms with Crippen LogP contribution in [0.15, 0.2) is 66.0 Å². The molecule has 2 heterocycles. The number of thiophene rings is 1. The van der Waals surface area contributed by atoms with Crippen LogP contribution in [0.3, 0.4) is 0 Å². The zero-order valence-corrected chi connectivity index (χ0v) is 15.0. The number of carbonyl (C=O) groups excluding carboxylic acids is 1. The average molecular weight is 381 g/mol. The van der Waals surface area contributed by atoms with Crippen LogP contribution in [-0.2, 0) is 0 Å². The molecule has 0 unspecified atom stereocenters. The highest BCUT2D eigenvalue weighted by molar-refractivity contribution is 7.17. The van der Waals surface area contributed by atoms with Gasteiger partial charge in [0.1, 0.15) is 11.5 Å². The normalized spacial score (nSPS) is 10.7. The van der Waals surface area contributed by atoms with Gasteiger partial charge < -0.3 is 5.32 Å². The minimum atomic E-state index is -0.278. The lowest BCUT2D eigenvalue weighted by Crippen LogP contribution is -2.09. The molecule has 0 bridgehead atoms. The van der Waals surface area contributed by atoms with Crippen LogP contribution >= 0.6 is 22.9 Å². The fraction of sp³-hybridized carbons (Fsp3) is 0. The summed E-state index contributed by atoms with van der Waals surface area (Å²) in [4.78, 5) is 14.0. The second-order valence-electron chi connectivity index (χ2n) is 5.49. The number of nitrogens with one attached hydrogen (secondary N) is 1. The first kappa shape index (κ1) is 16.6. The number of amides is 1. The molecule has 0 aliphatic rings. The Kier molecular flexibility index (Phi) is 4.55. The number of carbonyl (C=O) groups is 1. The van der Waals surface area contributed by atoms with E-state index in [1.54, 1.807) is 18.2 Å². The number of anilines is 1. The van der Waals surface area contributed by atoms with Crippen molar-refractivity contribution in [3.05, 3.63) is 76.7 Å². The number of benzene rings is 2. The zero-order chi connectivity index (χ0) is 17.9. The van der Waals surface area contributed by atoms with Crippen molar-refractivity contribution in [2.45, 2.75) is 0 Å². The van der Waals surface area contributed by atoms with Crippen LogP contribution in [0.4, 0.5) is 10.1 Å². The van der Waals surface area contributed by atoms with Crippen molar-refractivity contribution in [2.75, 3.05) is 5.32 Å². The van der Waals surface area contributed by atoms with Crippen LogP contribution in [0.25, 0.3) is 21.7 Å². The molecule has 128 valence electrons. The largest absolute Gasteiger partial charge is 0.321 e. The fourth-order valence-corrected chi connectivity index (χ4v) is 3.81. The van der Waals surface area contributed by atoms with Crippen molar-refractivity contribution >= 4 is 34.5 Å². The first-order valence-electron chi connectivity index (χ1n) is 7.74. The lowest BCUT2D eigenvalue weighted by atomic mass is 10.1. The Labute approximate surface area is 157 Å². The monoisotopic (exact) mass is 381 g/mol. The Bertz CT molecular complexity index is 1030. The van der Waals surface area contributed by atoms with Crippen LogP contribution in [0.5, 0.6) is 0 Å². The molecule has 2 aromatic heterocycles. The molecule has 0 spiro atoms. The van der Waals surface area contributed by atoms with E-state index >= 15 is 0 Å². The van der Waals surface area contributed by atoms with E-state index in [1.165, 1.54) is 35.0 Å². The fourth-order valence-electron chi connectivity index (χ4n) is 2.44. The highest BCUT2D eigenvalue weighted by atomic mass is 32.1. The minimum Gasteiger partial charge on any atom is -0.321 e. The van der Waals surface area contributed by atoms with Crippen molar-refractivity contribution in [3.8, 4) is 21.7 Å². The van der Waals surface area contributed by atoms with E-state index < -0.39 is 0 Å². The van der Waals surface area contributed by atoms with E-state index in [-0.39, 0.29) is 11.7 Å². The second kappa shape index (κ2) is 7.15. The van der Waals surface area contributed by atoms with Gasteiger partial charge in [0.05, 0.1) is 4.88 Å². The van der Waals surface area contributed by atoms with E-state index in [0.717, 1.165) is 21.7 Å². The molecule has 4 aromatic rings. The molecule has 2 aromatic carbocycles. The van der Waals surface area contributed by atoms with Crippen LogP contribution in [-0.4, -0.2) is 15.5 Å². The quantitative estimate of drug-likeness (QED) is 0.520. The summed E-state index contributed by atoms with van der Waals surface area (Å²) in [6.07, 6.45) is 0. The maximum absolute atomic E-state index is 13.0. The Hall–Kier alpha value is -2.90. The molecule has 1 amide bonds. The summed E-state index contributed by atoms with van der Waals surface area (Å²) in [6, 6.07) is 17.3. The highest BCUT2D eigenvalue weighted by Gasteiger charge is 2.11. The lowest BCUT2D eigenvalue weighted by molar-refractivity contribution is 0.103. The molecular formula is C19H12FN3OS2. The zero-order valence-electron chi connectivity index (χ0n) is 13.3. The summed E-state index contributed by atoms with van der Waals surface area (Å²) < 4.78 is 16.9. The standard InChI is InChI=1S/C19H12FN3OS2/c20-14-5-1-13(2-6-14)17-9-10-18(26-17)19(24)21-15-7-3-12(4-8-15)16-11-25-23-22-16/h1-11H,(H,21,24). The molecule has 0 fully saturated rings. The Balaban J connectivity index is 1.47. The van der Waals surface area contributed by atoms with Gasteiger partial charge in [-0.05, 0) is 53.5 Å². The van der Waals surface area contributed by atoms with E-state index in [1.807, 2.05) is 35.7 Å². The molecule has 7 heteroatoms. The average Bonchev–Trinajstić information content (AvgIpc) is 3.35. The van der Waals surface area contributed by atoms with E-state index in [0.29, 0.717) is 10.6 Å². The van der Waals surface area contributed by atoms with Gasteiger partial charge in [0.25, 0.3) is 5.91 Å². The molecular weight excluding hydrogens is 369 g/mol. The Morgan fingerprint density at radius 1 is 0.923 bits per heavy atom. The van der Waals surface area contributed by atoms with E-state index in [2.05, 4.69) is 14.9 Å². The van der Waals surface area contributed by atoms with Gasteiger partial charge in [0.2, 0.25) is 0 Å². The molecule has 26 heavy (non-hydrogen) atoms. The van der Waals surface area contributed by atoms with E-state index in [4.69, 9.17) is 0 Å². The Morgan fingerprint density at radius 3 is 2.35 bits per heavy atom. The molecule has 0 saturated carbocycles. The van der Waals surface area contributed by atoms with Crippen LogP contribution in [0, 0.1) is 5.82 Å². The van der Waals surface area contributed by atoms with Crippen molar-refractivity contribution in [3.63, 3.8) is 0 Å². The summed E-state index contributed by atoms with van der Waals surface area (Å²) in [5, 5.41) is 8.77. The molecule has 0 atom stereocenters. The maximum Gasteiger partial charge on any atom is 0.265 e. The first-order valence-corrected chi connectivity index (χ1v) is 9.39. The number of hydrogen-bond donors (Lipinski definition) is 1. The van der Waals surface area contributed by atoms with Gasteiger partial charge in [-0.25, -0.2) is 4.39 Å². The van der Waals surface area contributed by atoms with Crippen LogP contribution in [0.2, 0.25) is 0 Å². The second-order valence-corrected chi connectivity index (χ2v) is 7.19. The number of hydrogen-bond acceptors (Lipinski definition) is 5. The third-order valence-electron chi connectivity index (χ3n) is 3.76. The van der Waals surface area contributed by atoms with Gasteiger partial charge in [-0.2, -0.15) is 0 Å². The summed E-state index contributed by atoms with van der Waals surface area (Å²) in [5.41, 5.74) is 3.36. The maximum atomic E-state index is 13.0. The molecule has 1 N–H and O–H groups in total. The van der Waals surface area contributed by atoms with Crippen molar-refractivity contribution < 1.29 is 9.18 Å². The highest BCUT2D eigenvalue weighted by Crippen LogP contribution is 2.29. The number of nitrogens with zero attached hydrogens (tertiary/aromatic N) is 2. The van der Waals surface area contributed by atoms with Crippen molar-refractivity contribution in [1.82, 2.24) is 9.59 Å². The lowest BCUT2D eigenvalue weighted by Gasteiger charge is -2.04. The molecule has 4 rings (SSSR count). The number of halogens is 1. The van der Waals surface area contributed by atoms with E-state index in [9.17, 15) is 9.18 Å². The molecule has 0 aliphatic carbocycles. The van der Waals surface area contributed by atoms with Gasteiger partial charge in [0, 0.05) is 21.5 Å².